The van der Waals surface area contributed by atoms with Gasteiger partial charge in [-0.3, -0.25) is 0 Å². The molecule has 0 aliphatic carbocycles. The average Bonchev–Trinajstić information content (AvgIpc) is 2.46. The molecule has 0 amide bonds. The van der Waals surface area contributed by atoms with Crippen molar-refractivity contribution in [1.29, 1.82) is 0 Å². The van der Waals surface area contributed by atoms with Gasteiger partial charge in [0.05, 0.1) is 5.69 Å². The van der Waals surface area contributed by atoms with Crippen molar-refractivity contribution >= 4 is 27.3 Å². The highest BCUT2D eigenvalue weighted by molar-refractivity contribution is 9.10. The predicted molar refractivity (Wildman–Crippen MR) is 87.1 cm³/mol. The fourth-order valence-corrected chi connectivity index (χ4v) is 2.58. The van der Waals surface area contributed by atoms with Gasteiger partial charge in [-0.25, -0.2) is 0 Å². The van der Waals surface area contributed by atoms with Gasteiger partial charge in [0.2, 0.25) is 0 Å². The molecule has 2 aromatic rings. The van der Waals surface area contributed by atoms with Crippen LogP contribution in [0, 0.1) is 0 Å². The van der Waals surface area contributed by atoms with Crippen LogP contribution < -0.4 is 9.80 Å². The van der Waals surface area contributed by atoms with Crippen molar-refractivity contribution in [2.24, 2.45) is 0 Å². The molecule has 0 atom stereocenters. The zero-order chi connectivity index (χ0) is 13.7. The second-order valence-electron chi connectivity index (χ2n) is 4.63. The normalized spacial score (nSPS) is 10.3. The largest absolute Gasteiger partial charge is 0.373 e. The molecule has 0 fully saturated rings. The summed E-state index contributed by atoms with van der Waals surface area (Å²) in [5.41, 5.74) is 2.48. The SMILES string of the molecule is CN(CCN(C)c1ccccc1Br)c1ccccc1. The molecular weight excluding hydrogens is 300 g/mol. The van der Waals surface area contributed by atoms with Gasteiger partial charge in [0, 0.05) is 37.3 Å². The summed E-state index contributed by atoms with van der Waals surface area (Å²) >= 11 is 3.59. The van der Waals surface area contributed by atoms with Crippen LogP contribution in [0.25, 0.3) is 0 Å². The Bertz CT molecular complexity index is 513. The number of nitrogens with zero attached hydrogens (tertiary/aromatic N) is 2. The maximum Gasteiger partial charge on any atom is 0.0508 e. The van der Waals surface area contributed by atoms with E-state index in [2.05, 4.69) is 82.3 Å². The van der Waals surface area contributed by atoms with Crippen molar-refractivity contribution in [1.82, 2.24) is 0 Å². The molecule has 100 valence electrons. The van der Waals surface area contributed by atoms with Crippen LogP contribution in [0.5, 0.6) is 0 Å². The molecule has 0 spiro atoms. The van der Waals surface area contributed by atoms with Gasteiger partial charge in [0.15, 0.2) is 0 Å². The molecule has 0 saturated heterocycles. The highest BCUT2D eigenvalue weighted by Crippen LogP contribution is 2.24. The Morgan fingerprint density at radius 2 is 1.37 bits per heavy atom. The highest BCUT2D eigenvalue weighted by atomic mass is 79.9. The molecule has 0 aromatic heterocycles. The lowest BCUT2D eigenvalue weighted by Crippen LogP contribution is -2.30. The summed E-state index contributed by atoms with van der Waals surface area (Å²) in [6.45, 7) is 1.97. The Hall–Kier alpha value is -1.48. The number of para-hydroxylation sites is 2. The minimum absolute atomic E-state index is 0.980. The first-order valence-electron chi connectivity index (χ1n) is 6.40. The van der Waals surface area contributed by atoms with E-state index in [-0.39, 0.29) is 0 Å². The molecule has 0 unspecified atom stereocenters. The number of rotatable bonds is 5. The van der Waals surface area contributed by atoms with E-state index in [1.807, 2.05) is 12.1 Å². The van der Waals surface area contributed by atoms with E-state index in [9.17, 15) is 0 Å². The van der Waals surface area contributed by atoms with E-state index in [1.165, 1.54) is 11.4 Å². The molecular formula is C16H19BrN2. The molecule has 2 nitrogen and oxygen atoms in total. The molecule has 19 heavy (non-hydrogen) atoms. The van der Waals surface area contributed by atoms with E-state index in [4.69, 9.17) is 0 Å². The third-order valence-corrected chi connectivity index (χ3v) is 3.90. The minimum atomic E-state index is 0.980. The molecule has 0 heterocycles. The van der Waals surface area contributed by atoms with Gasteiger partial charge in [-0.2, -0.15) is 0 Å². The van der Waals surface area contributed by atoms with Crippen LogP contribution in [0.1, 0.15) is 0 Å². The first-order chi connectivity index (χ1) is 9.18. The van der Waals surface area contributed by atoms with E-state index >= 15 is 0 Å². The molecule has 2 rings (SSSR count). The summed E-state index contributed by atoms with van der Waals surface area (Å²) in [5, 5.41) is 0. The molecule has 0 saturated carbocycles. The fraction of sp³-hybridized carbons (Fsp3) is 0.250. The predicted octanol–water partition coefficient (Wildman–Crippen LogP) is 4.02. The molecule has 0 bridgehead atoms. The standard InChI is InChI=1S/C16H19BrN2/c1-18(14-8-4-3-5-9-14)12-13-19(2)16-11-7-6-10-15(16)17/h3-11H,12-13H2,1-2H3. The van der Waals surface area contributed by atoms with Crippen LogP contribution in [0.3, 0.4) is 0 Å². The lowest BCUT2D eigenvalue weighted by molar-refractivity contribution is 0.832. The third kappa shape index (κ3) is 3.74. The zero-order valence-electron chi connectivity index (χ0n) is 11.4. The smallest absolute Gasteiger partial charge is 0.0508 e. The van der Waals surface area contributed by atoms with Crippen molar-refractivity contribution in [3.63, 3.8) is 0 Å². The number of benzene rings is 2. The third-order valence-electron chi connectivity index (χ3n) is 3.23. The van der Waals surface area contributed by atoms with Crippen LogP contribution in [0.4, 0.5) is 11.4 Å². The summed E-state index contributed by atoms with van der Waals surface area (Å²) in [6.07, 6.45) is 0. The summed E-state index contributed by atoms with van der Waals surface area (Å²) < 4.78 is 1.14. The Balaban J connectivity index is 1.94. The highest BCUT2D eigenvalue weighted by Gasteiger charge is 2.06. The quantitative estimate of drug-likeness (QED) is 0.821. The molecule has 0 aliphatic heterocycles. The number of anilines is 2. The number of likely N-dealkylation sites (N-methyl/N-ethyl adjacent to an activating group) is 2. The second kappa shape index (κ2) is 6.62. The maximum absolute atomic E-state index is 3.59. The number of halogens is 1. The Morgan fingerprint density at radius 3 is 2.05 bits per heavy atom. The monoisotopic (exact) mass is 318 g/mol. The summed E-state index contributed by atoms with van der Waals surface area (Å²) in [6, 6.07) is 18.8. The topological polar surface area (TPSA) is 6.48 Å². The minimum Gasteiger partial charge on any atom is -0.373 e. The van der Waals surface area contributed by atoms with Gasteiger partial charge >= 0.3 is 0 Å². The van der Waals surface area contributed by atoms with Crippen molar-refractivity contribution in [2.45, 2.75) is 0 Å². The van der Waals surface area contributed by atoms with Crippen LogP contribution in [0.2, 0.25) is 0 Å². The van der Waals surface area contributed by atoms with E-state index < -0.39 is 0 Å². The van der Waals surface area contributed by atoms with E-state index in [0.717, 1.165) is 17.6 Å². The van der Waals surface area contributed by atoms with E-state index in [0.29, 0.717) is 0 Å². The Labute approximate surface area is 123 Å². The lowest BCUT2D eigenvalue weighted by atomic mass is 10.3. The average molecular weight is 319 g/mol. The van der Waals surface area contributed by atoms with Crippen molar-refractivity contribution in [3.8, 4) is 0 Å². The Kier molecular flexibility index (Phi) is 4.86. The lowest BCUT2D eigenvalue weighted by Gasteiger charge is -2.25. The van der Waals surface area contributed by atoms with Crippen LogP contribution in [0.15, 0.2) is 59.1 Å². The van der Waals surface area contributed by atoms with Gasteiger partial charge in [-0.15, -0.1) is 0 Å². The Morgan fingerprint density at radius 1 is 0.789 bits per heavy atom. The second-order valence-corrected chi connectivity index (χ2v) is 5.48. The summed E-state index contributed by atoms with van der Waals surface area (Å²) in [7, 11) is 4.25. The first kappa shape index (κ1) is 13.9. The molecule has 0 aliphatic rings. The first-order valence-corrected chi connectivity index (χ1v) is 7.19. The van der Waals surface area contributed by atoms with Crippen molar-refractivity contribution in [2.75, 3.05) is 37.0 Å². The van der Waals surface area contributed by atoms with E-state index in [1.54, 1.807) is 0 Å². The molecule has 0 N–H and O–H groups in total. The van der Waals surface area contributed by atoms with Gasteiger partial charge < -0.3 is 9.80 Å². The summed E-state index contributed by atoms with van der Waals surface area (Å²) in [5.74, 6) is 0. The molecule has 0 radical (unpaired) electrons. The maximum atomic E-state index is 3.59. The number of hydrogen-bond acceptors (Lipinski definition) is 2. The van der Waals surface area contributed by atoms with Crippen molar-refractivity contribution in [3.05, 3.63) is 59.1 Å². The van der Waals surface area contributed by atoms with Crippen LogP contribution >= 0.6 is 15.9 Å². The van der Waals surface area contributed by atoms with Crippen molar-refractivity contribution < 1.29 is 0 Å². The molecule has 2 aromatic carbocycles. The van der Waals surface area contributed by atoms with Crippen LogP contribution in [-0.4, -0.2) is 27.2 Å². The molecule has 3 heteroatoms. The van der Waals surface area contributed by atoms with Crippen LogP contribution in [-0.2, 0) is 0 Å². The number of hydrogen-bond donors (Lipinski definition) is 0. The van der Waals surface area contributed by atoms with Gasteiger partial charge in [0.1, 0.15) is 0 Å². The van der Waals surface area contributed by atoms with Gasteiger partial charge in [-0.05, 0) is 40.2 Å². The van der Waals surface area contributed by atoms with Gasteiger partial charge in [-0.1, -0.05) is 30.3 Å². The fourth-order valence-electron chi connectivity index (χ4n) is 1.99. The zero-order valence-corrected chi connectivity index (χ0v) is 13.0. The van der Waals surface area contributed by atoms with Gasteiger partial charge in [0.25, 0.3) is 0 Å². The summed E-state index contributed by atoms with van der Waals surface area (Å²) in [4.78, 5) is 4.54.